The molecule has 1 aliphatic carbocycles. The molecule has 1 aromatic rings. The van der Waals surface area contributed by atoms with Crippen LogP contribution in [0.25, 0.3) is 0 Å². The molecule has 10 nitrogen and oxygen atoms in total. The predicted molar refractivity (Wildman–Crippen MR) is 144 cm³/mol. The van der Waals surface area contributed by atoms with E-state index < -0.39 is 41.5 Å². The number of rotatable bonds is 11. The van der Waals surface area contributed by atoms with Gasteiger partial charge in [0.15, 0.2) is 0 Å². The number of aromatic hydroxyl groups is 1. The molecule has 0 aliphatic heterocycles. The molecule has 2 unspecified atom stereocenters. The van der Waals surface area contributed by atoms with E-state index in [1.54, 1.807) is 45.9 Å². The number of nitrogens with zero attached hydrogens (tertiary/aromatic N) is 1. The van der Waals surface area contributed by atoms with Crippen LogP contribution in [-0.2, 0) is 19.1 Å². The van der Waals surface area contributed by atoms with E-state index >= 15 is 0 Å². The normalized spacial score (nSPS) is 15.7. The van der Waals surface area contributed by atoms with E-state index in [-0.39, 0.29) is 31.2 Å². The molecule has 1 aromatic carbocycles. The van der Waals surface area contributed by atoms with Crippen LogP contribution in [0.3, 0.4) is 0 Å². The van der Waals surface area contributed by atoms with Gasteiger partial charge in [-0.2, -0.15) is 0 Å². The number of amides is 4. The number of benzene rings is 1. The van der Waals surface area contributed by atoms with Gasteiger partial charge in [-0.25, -0.2) is 4.79 Å². The maximum Gasteiger partial charge on any atom is 0.408 e. The highest BCUT2D eigenvalue weighted by molar-refractivity contribution is 5.93. The minimum atomic E-state index is -1.17. The quantitative estimate of drug-likeness (QED) is 0.342. The van der Waals surface area contributed by atoms with Gasteiger partial charge in [0, 0.05) is 24.6 Å². The number of para-hydroxylation sites is 1. The fourth-order valence-corrected chi connectivity index (χ4v) is 4.68. The van der Waals surface area contributed by atoms with Crippen LogP contribution >= 0.6 is 0 Å². The van der Waals surface area contributed by atoms with Crippen LogP contribution in [0, 0.1) is 6.92 Å². The predicted octanol–water partition coefficient (Wildman–Crippen LogP) is 3.59. The summed E-state index contributed by atoms with van der Waals surface area (Å²) in [7, 11) is 0. The highest BCUT2D eigenvalue weighted by Gasteiger charge is 2.38. The Balaban J connectivity index is 2.48. The van der Waals surface area contributed by atoms with E-state index in [1.165, 1.54) is 4.90 Å². The number of aryl methyl sites for hydroxylation is 1. The Morgan fingerprint density at radius 3 is 2.39 bits per heavy atom. The van der Waals surface area contributed by atoms with Crippen LogP contribution in [0.2, 0.25) is 0 Å². The summed E-state index contributed by atoms with van der Waals surface area (Å²) in [4.78, 5) is 53.3. The number of primary amides is 1. The topological polar surface area (TPSA) is 151 Å². The number of phenols is 1. The summed E-state index contributed by atoms with van der Waals surface area (Å²) in [6.07, 6.45) is 4.32. The molecule has 1 saturated carbocycles. The number of hydrogen-bond donors (Lipinski definition) is 4. The van der Waals surface area contributed by atoms with Crippen LogP contribution in [0.4, 0.5) is 4.79 Å². The molecule has 0 saturated heterocycles. The minimum absolute atomic E-state index is 0.0187. The third kappa shape index (κ3) is 9.22. The number of nitrogens with two attached hydrogens (primary N) is 1. The molecular weight excluding hydrogens is 488 g/mol. The Kier molecular flexibility index (Phi) is 11.4. The van der Waals surface area contributed by atoms with Gasteiger partial charge in [-0.1, -0.05) is 44.4 Å². The summed E-state index contributed by atoms with van der Waals surface area (Å²) in [6.45, 7) is 8.86. The standard InChI is InChI=1S/C28H44N4O6/c1-6-17-32(26(36)21(15-16-22(29)33)31-27(37)38-28(3,4)5)23(20-14-10-11-18(2)24(20)34)25(35)30-19-12-8-7-9-13-19/h10-11,14,19,21,23,34H,6-9,12-13,15-17H2,1-5H3,(H2,29,33)(H,30,35)(H,31,37). The van der Waals surface area contributed by atoms with Gasteiger partial charge in [0.2, 0.25) is 17.7 Å². The molecular formula is C28H44N4O6. The number of carbonyl (C=O) groups excluding carboxylic acids is 4. The molecule has 1 aliphatic rings. The first-order valence-electron chi connectivity index (χ1n) is 13.5. The molecule has 0 radical (unpaired) electrons. The molecule has 212 valence electrons. The van der Waals surface area contributed by atoms with Gasteiger partial charge in [-0.05, 0) is 58.9 Å². The van der Waals surface area contributed by atoms with Crippen molar-refractivity contribution in [1.29, 1.82) is 0 Å². The van der Waals surface area contributed by atoms with Crippen LogP contribution in [0.15, 0.2) is 18.2 Å². The highest BCUT2D eigenvalue weighted by Crippen LogP contribution is 2.33. The summed E-state index contributed by atoms with van der Waals surface area (Å²) in [5, 5.41) is 16.6. The van der Waals surface area contributed by atoms with Crippen molar-refractivity contribution >= 4 is 23.8 Å². The van der Waals surface area contributed by atoms with Gasteiger partial charge in [0.05, 0.1) is 0 Å². The maximum atomic E-state index is 14.0. The van der Waals surface area contributed by atoms with Gasteiger partial charge >= 0.3 is 6.09 Å². The minimum Gasteiger partial charge on any atom is -0.507 e. The van der Waals surface area contributed by atoms with Crippen molar-refractivity contribution in [3.05, 3.63) is 29.3 Å². The molecule has 2 atom stereocenters. The van der Waals surface area contributed by atoms with Gasteiger partial charge in [-0.15, -0.1) is 0 Å². The third-order valence-corrected chi connectivity index (χ3v) is 6.49. The largest absolute Gasteiger partial charge is 0.507 e. The highest BCUT2D eigenvalue weighted by atomic mass is 16.6. The Bertz CT molecular complexity index is 984. The molecule has 2 rings (SSSR count). The Hall–Kier alpha value is -3.30. The Morgan fingerprint density at radius 2 is 1.82 bits per heavy atom. The lowest BCUT2D eigenvalue weighted by molar-refractivity contribution is -0.143. The summed E-state index contributed by atoms with van der Waals surface area (Å²) >= 11 is 0. The number of carbonyl (C=O) groups is 4. The summed E-state index contributed by atoms with van der Waals surface area (Å²) in [5.41, 5.74) is 5.40. The first kappa shape index (κ1) is 30.9. The van der Waals surface area contributed by atoms with Crippen molar-refractivity contribution in [2.45, 2.75) is 110 Å². The lowest BCUT2D eigenvalue weighted by Crippen LogP contribution is -2.54. The van der Waals surface area contributed by atoms with E-state index in [4.69, 9.17) is 10.5 Å². The number of ether oxygens (including phenoxy) is 1. The average Bonchev–Trinajstić information content (AvgIpc) is 2.83. The van der Waals surface area contributed by atoms with E-state index in [1.807, 2.05) is 6.92 Å². The number of phenolic OH excluding ortho intramolecular Hbond substituents is 1. The van der Waals surface area contributed by atoms with Crippen LogP contribution in [-0.4, -0.2) is 58.1 Å². The average molecular weight is 533 g/mol. The molecule has 0 aromatic heterocycles. The van der Waals surface area contributed by atoms with Gasteiger partial charge < -0.3 is 31.1 Å². The monoisotopic (exact) mass is 532 g/mol. The van der Waals surface area contributed by atoms with E-state index in [0.29, 0.717) is 17.5 Å². The lowest BCUT2D eigenvalue weighted by atomic mass is 9.94. The van der Waals surface area contributed by atoms with Crippen molar-refractivity contribution in [2.75, 3.05) is 6.54 Å². The molecule has 1 fully saturated rings. The second-order valence-corrected chi connectivity index (χ2v) is 11.0. The zero-order valence-electron chi connectivity index (χ0n) is 23.3. The summed E-state index contributed by atoms with van der Waals surface area (Å²) in [6, 6.07) is 2.75. The summed E-state index contributed by atoms with van der Waals surface area (Å²) in [5.74, 6) is -1.66. The fourth-order valence-electron chi connectivity index (χ4n) is 4.68. The van der Waals surface area contributed by atoms with E-state index in [0.717, 1.165) is 32.1 Å². The molecule has 0 spiro atoms. The summed E-state index contributed by atoms with van der Waals surface area (Å²) < 4.78 is 5.34. The van der Waals surface area contributed by atoms with Crippen molar-refractivity contribution in [3.63, 3.8) is 0 Å². The van der Waals surface area contributed by atoms with E-state index in [9.17, 15) is 24.3 Å². The molecule has 5 N–H and O–H groups in total. The molecule has 10 heteroatoms. The fraction of sp³-hybridized carbons (Fsp3) is 0.643. The third-order valence-electron chi connectivity index (χ3n) is 6.49. The molecule has 0 bridgehead atoms. The zero-order valence-corrected chi connectivity index (χ0v) is 23.3. The van der Waals surface area contributed by atoms with Crippen molar-refractivity contribution in [1.82, 2.24) is 15.5 Å². The number of hydrogen-bond acceptors (Lipinski definition) is 6. The SMILES string of the molecule is CCCN(C(=O)C(CCC(N)=O)NC(=O)OC(C)(C)C)C(C(=O)NC1CCCCC1)c1cccc(C)c1O. The Morgan fingerprint density at radius 1 is 1.16 bits per heavy atom. The number of nitrogens with one attached hydrogen (secondary N) is 2. The first-order chi connectivity index (χ1) is 17.8. The molecule has 4 amide bonds. The maximum absolute atomic E-state index is 14.0. The number of alkyl carbamates (subject to hydrolysis) is 1. The second kappa shape index (κ2) is 14.0. The van der Waals surface area contributed by atoms with E-state index in [2.05, 4.69) is 10.6 Å². The first-order valence-corrected chi connectivity index (χ1v) is 13.5. The Labute approximate surface area is 225 Å². The second-order valence-electron chi connectivity index (χ2n) is 11.0. The van der Waals surface area contributed by atoms with Crippen molar-refractivity contribution < 1.29 is 29.0 Å². The zero-order chi connectivity index (χ0) is 28.5. The molecule has 38 heavy (non-hydrogen) atoms. The van der Waals surface area contributed by atoms with Gasteiger partial charge in [-0.3, -0.25) is 14.4 Å². The lowest BCUT2D eigenvalue weighted by Gasteiger charge is -2.36. The van der Waals surface area contributed by atoms with Crippen molar-refractivity contribution in [2.24, 2.45) is 5.73 Å². The smallest absolute Gasteiger partial charge is 0.408 e. The van der Waals surface area contributed by atoms with Crippen LogP contribution in [0.1, 0.15) is 96.2 Å². The molecule has 0 heterocycles. The van der Waals surface area contributed by atoms with Gasteiger partial charge in [0.25, 0.3) is 0 Å². The van der Waals surface area contributed by atoms with Crippen LogP contribution < -0.4 is 16.4 Å². The van der Waals surface area contributed by atoms with Gasteiger partial charge in [0.1, 0.15) is 23.4 Å². The van der Waals surface area contributed by atoms with Crippen molar-refractivity contribution in [3.8, 4) is 5.75 Å². The van der Waals surface area contributed by atoms with Crippen LogP contribution in [0.5, 0.6) is 5.75 Å².